The van der Waals surface area contributed by atoms with Crippen LogP contribution in [0.25, 0.3) is 5.65 Å². The predicted octanol–water partition coefficient (Wildman–Crippen LogP) is 2.37. The molecule has 0 saturated carbocycles. The van der Waals surface area contributed by atoms with Crippen LogP contribution in [0, 0.1) is 0 Å². The van der Waals surface area contributed by atoms with Crippen LogP contribution in [0.1, 0.15) is 35.7 Å². The van der Waals surface area contributed by atoms with Crippen LogP contribution < -0.4 is 5.32 Å². The molecule has 3 aromatic rings. The molecular formula is C22H27N5O2. The fraction of sp³-hybridized carbons (Fsp3) is 0.409. The summed E-state index contributed by atoms with van der Waals surface area (Å²) in [5, 5.41) is 11.7. The Bertz CT molecular complexity index is 963. The van der Waals surface area contributed by atoms with Crippen molar-refractivity contribution in [2.24, 2.45) is 0 Å². The molecule has 1 saturated heterocycles. The molecule has 0 spiro atoms. The standard InChI is InChI=1S/C22H27N5O2/c1-29-16-18-6-4-5-17(13-18)14-23-21(28)15-26-11-8-19(9-12-26)22-25-24-20-7-2-3-10-27(20)22/h2-7,10,13,19H,8-9,11-12,14-16H2,1H3,(H,23,28). The van der Waals surface area contributed by atoms with E-state index in [4.69, 9.17) is 4.74 Å². The van der Waals surface area contributed by atoms with Crippen molar-refractivity contribution in [1.29, 1.82) is 0 Å². The Morgan fingerprint density at radius 2 is 1.97 bits per heavy atom. The van der Waals surface area contributed by atoms with Crippen LogP contribution in [0.2, 0.25) is 0 Å². The van der Waals surface area contributed by atoms with Crippen LogP contribution in [0.3, 0.4) is 0 Å². The molecule has 0 unspecified atom stereocenters. The number of pyridine rings is 1. The lowest BCUT2D eigenvalue weighted by Gasteiger charge is -2.30. The summed E-state index contributed by atoms with van der Waals surface area (Å²) in [6.07, 6.45) is 4.00. The van der Waals surface area contributed by atoms with Gasteiger partial charge < -0.3 is 10.1 Å². The molecule has 2 aromatic heterocycles. The lowest BCUT2D eigenvalue weighted by molar-refractivity contribution is -0.122. The topological polar surface area (TPSA) is 71.8 Å². The van der Waals surface area contributed by atoms with Crippen LogP contribution in [-0.4, -0.2) is 52.1 Å². The molecule has 0 aliphatic carbocycles. The van der Waals surface area contributed by atoms with E-state index in [0.29, 0.717) is 25.6 Å². The molecule has 4 rings (SSSR count). The summed E-state index contributed by atoms with van der Waals surface area (Å²) in [4.78, 5) is 14.6. The van der Waals surface area contributed by atoms with Crippen molar-refractivity contribution in [1.82, 2.24) is 24.8 Å². The largest absolute Gasteiger partial charge is 0.380 e. The van der Waals surface area contributed by atoms with E-state index in [2.05, 4.69) is 30.9 Å². The van der Waals surface area contributed by atoms with Crippen molar-refractivity contribution < 1.29 is 9.53 Å². The third-order valence-corrected chi connectivity index (χ3v) is 5.45. The molecule has 1 fully saturated rings. The first-order valence-electron chi connectivity index (χ1n) is 10.1. The summed E-state index contributed by atoms with van der Waals surface area (Å²) in [5.41, 5.74) is 3.09. The molecule has 0 atom stereocenters. The van der Waals surface area contributed by atoms with E-state index in [1.165, 1.54) is 0 Å². The van der Waals surface area contributed by atoms with Gasteiger partial charge in [-0.2, -0.15) is 0 Å². The Kier molecular flexibility index (Phi) is 6.17. The molecule has 152 valence electrons. The number of carbonyl (C=O) groups excluding carboxylic acids is 1. The SMILES string of the molecule is COCc1cccc(CNC(=O)CN2CCC(c3nnc4ccccn34)CC2)c1. The fourth-order valence-corrected chi connectivity index (χ4v) is 3.94. The van der Waals surface area contributed by atoms with Gasteiger partial charge in [-0.15, -0.1) is 10.2 Å². The molecule has 1 N–H and O–H groups in total. The van der Waals surface area contributed by atoms with E-state index in [-0.39, 0.29) is 5.91 Å². The maximum atomic E-state index is 12.4. The maximum absolute atomic E-state index is 12.4. The summed E-state index contributed by atoms with van der Waals surface area (Å²) < 4.78 is 7.24. The first-order valence-corrected chi connectivity index (χ1v) is 10.1. The first kappa shape index (κ1) is 19.5. The number of hydrogen-bond acceptors (Lipinski definition) is 5. The number of likely N-dealkylation sites (tertiary alicyclic amines) is 1. The molecule has 29 heavy (non-hydrogen) atoms. The molecule has 0 bridgehead atoms. The van der Waals surface area contributed by atoms with Crippen molar-refractivity contribution in [3.63, 3.8) is 0 Å². The molecule has 3 heterocycles. The number of rotatable bonds is 7. The van der Waals surface area contributed by atoms with E-state index in [9.17, 15) is 4.79 Å². The summed E-state index contributed by atoms with van der Waals surface area (Å²) in [5.74, 6) is 1.48. The van der Waals surface area contributed by atoms with E-state index < -0.39 is 0 Å². The Labute approximate surface area is 170 Å². The van der Waals surface area contributed by atoms with Gasteiger partial charge in [0.05, 0.1) is 13.2 Å². The fourth-order valence-electron chi connectivity index (χ4n) is 3.94. The van der Waals surface area contributed by atoms with Crippen molar-refractivity contribution in [3.05, 3.63) is 65.6 Å². The summed E-state index contributed by atoms with van der Waals surface area (Å²) in [7, 11) is 1.68. The van der Waals surface area contributed by atoms with Crippen molar-refractivity contribution in [2.45, 2.75) is 31.9 Å². The van der Waals surface area contributed by atoms with Crippen molar-refractivity contribution in [2.75, 3.05) is 26.7 Å². The minimum atomic E-state index is 0.0634. The minimum Gasteiger partial charge on any atom is -0.380 e. The minimum absolute atomic E-state index is 0.0634. The molecule has 1 amide bonds. The Balaban J connectivity index is 1.25. The quantitative estimate of drug-likeness (QED) is 0.667. The van der Waals surface area contributed by atoms with Gasteiger partial charge in [0.15, 0.2) is 5.65 Å². The summed E-state index contributed by atoms with van der Waals surface area (Å²) in [6.45, 7) is 3.34. The zero-order chi connectivity index (χ0) is 20.1. The number of benzene rings is 1. The summed E-state index contributed by atoms with van der Waals surface area (Å²) >= 11 is 0. The van der Waals surface area contributed by atoms with Gasteiger partial charge in [0.25, 0.3) is 0 Å². The van der Waals surface area contributed by atoms with Crippen LogP contribution >= 0.6 is 0 Å². The smallest absolute Gasteiger partial charge is 0.234 e. The monoisotopic (exact) mass is 393 g/mol. The highest BCUT2D eigenvalue weighted by Crippen LogP contribution is 2.26. The lowest BCUT2D eigenvalue weighted by atomic mass is 9.96. The number of piperidine rings is 1. The average molecular weight is 393 g/mol. The second-order valence-electron chi connectivity index (χ2n) is 7.57. The van der Waals surface area contributed by atoms with E-state index in [1.54, 1.807) is 7.11 Å². The second kappa shape index (κ2) is 9.15. The van der Waals surface area contributed by atoms with Gasteiger partial charge in [0.1, 0.15) is 5.82 Å². The van der Waals surface area contributed by atoms with Crippen LogP contribution in [0.5, 0.6) is 0 Å². The van der Waals surface area contributed by atoms with E-state index in [0.717, 1.165) is 48.5 Å². The average Bonchev–Trinajstić information content (AvgIpc) is 3.18. The Morgan fingerprint density at radius 1 is 1.14 bits per heavy atom. The molecule has 7 nitrogen and oxygen atoms in total. The Morgan fingerprint density at radius 3 is 2.79 bits per heavy atom. The normalized spacial score (nSPS) is 15.6. The summed E-state index contributed by atoms with van der Waals surface area (Å²) in [6, 6.07) is 14.1. The lowest BCUT2D eigenvalue weighted by Crippen LogP contribution is -2.41. The van der Waals surface area contributed by atoms with E-state index in [1.807, 2.05) is 42.6 Å². The number of aromatic nitrogens is 3. The van der Waals surface area contributed by atoms with Gasteiger partial charge in [-0.3, -0.25) is 14.1 Å². The second-order valence-corrected chi connectivity index (χ2v) is 7.57. The number of nitrogens with one attached hydrogen (secondary N) is 1. The van der Waals surface area contributed by atoms with E-state index >= 15 is 0 Å². The maximum Gasteiger partial charge on any atom is 0.234 e. The highest BCUT2D eigenvalue weighted by atomic mass is 16.5. The zero-order valence-electron chi connectivity index (χ0n) is 16.8. The van der Waals surface area contributed by atoms with Gasteiger partial charge >= 0.3 is 0 Å². The molecular weight excluding hydrogens is 366 g/mol. The van der Waals surface area contributed by atoms with Crippen molar-refractivity contribution in [3.8, 4) is 0 Å². The molecule has 1 aliphatic rings. The number of carbonyl (C=O) groups is 1. The number of amides is 1. The number of fused-ring (bicyclic) bond motifs is 1. The predicted molar refractivity (Wildman–Crippen MR) is 110 cm³/mol. The number of hydrogen-bond donors (Lipinski definition) is 1. The molecule has 0 radical (unpaired) electrons. The number of ether oxygens (including phenoxy) is 1. The molecule has 1 aromatic carbocycles. The van der Waals surface area contributed by atoms with Gasteiger partial charge in [0.2, 0.25) is 5.91 Å². The first-order chi connectivity index (χ1) is 14.2. The van der Waals surface area contributed by atoms with Gasteiger partial charge in [0, 0.05) is 25.8 Å². The zero-order valence-corrected chi connectivity index (χ0v) is 16.8. The van der Waals surface area contributed by atoms with Crippen molar-refractivity contribution >= 4 is 11.6 Å². The number of methoxy groups -OCH3 is 1. The number of nitrogens with zero attached hydrogens (tertiary/aromatic N) is 4. The van der Waals surface area contributed by atoms with Crippen LogP contribution in [-0.2, 0) is 22.7 Å². The van der Waals surface area contributed by atoms with Gasteiger partial charge in [-0.25, -0.2) is 0 Å². The highest BCUT2D eigenvalue weighted by molar-refractivity contribution is 5.78. The highest BCUT2D eigenvalue weighted by Gasteiger charge is 2.25. The van der Waals surface area contributed by atoms with Crippen LogP contribution in [0.15, 0.2) is 48.7 Å². The third kappa shape index (κ3) is 4.81. The van der Waals surface area contributed by atoms with Gasteiger partial charge in [-0.05, 0) is 49.2 Å². The third-order valence-electron chi connectivity index (χ3n) is 5.45. The van der Waals surface area contributed by atoms with Crippen LogP contribution in [0.4, 0.5) is 0 Å². The Hall–Kier alpha value is -2.77. The van der Waals surface area contributed by atoms with Gasteiger partial charge in [-0.1, -0.05) is 30.3 Å². The molecule has 7 heteroatoms. The molecule has 1 aliphatic heterocycles.